The zero-order chi connectivity index (χ0) is 12.8. The summed E-state index contributed by atoms with van der Waals surface area (Å²) in [6.45, 7) is 0. The third-order valence-corrected chi connectivity index (χ3v) is 2.66. The Morgan fingerprint density at radius 1 is 1.41 bits per heavy atom. The molecule has 0 aromatic heterocycles. The zero-order valence-electron chi connectivity index (χ0n) is 9.36. The van der Waals surface area contributed by atoms with Crippen molar-refractivity contribution >= 4 is 39.5 Å². The summed E-state index contributed by atoms with van der Waals surface area (Å²) in [6, 6.07) is 3.58. The first-order chi connectivity index (χ1) is 8.08. The second kappa shape index (κ2) is 6.41. The first kappa shape index (κ1) is 13.7. The molecule has 0 heterocycles. The van der Waals surface area contributed by atoms with E-state index in [1.54, 1.807) is 32.6 Å². The van der Waals surface area contributed by atoms with Crippen LogP contribution in [0.2, 0.25) is 0 Å². The summed E-state index contributed by atoms with van der Waals surface area (Å²) < 4.78 is 11.2. The number of ether oxygens (including phenoxy) is 2. The molecule has 0 fully saturated rings. The molecule has 3 N–H and O–H groups in total. The smallest absolute Gasteiger partial charge is 0.184 e. The van der Waals surface area contributed by atoms with E-state index >= 15 is 0 Å². The Morgan fingerprint density at radius 2 is 2.00 bits per heavy atom. The van der Waals surface area contributed by atoms with Gasteiger partial charge in [-0.1, -0.05) is 0 Å². The fourth-order valence-corrected chi connectivity index (χ4v) is 1.61. The molecule has 0 saturated carbocycles. The van der Waals surface area contributed by atoms with E-state index in [-0.39, 0.29) is 5.11 Å². The van der Waals surface area contributed by atoms with Gasteiger partial charge in [-0.3, -0.25) is 5.43 Å². The summed E-state index contributed by atoms with van der Waals surface area (Å²) in [5.74, 6) is 1.26. The van der Waals surface area contributed by atoms with Gasteiger partial charge in [-0.05, 0) is 40.3 Å². The van der Waals surface area contributed by atoms with E-state index in [0.717, 1.165) is 10.0 Å². The molecule has 0 aliphatic carbocycles. The van der Waals surface area contributed by atoms with Crippen LogP contribution in [0.1, 0.15) is 5.56 Å². The molecule has 0 unspecified atom stereocenters. The molecule has 17 heavy (non-hydrogen) atoms. The normalized spacial score (nSPS) is 10.3. The average Bonchev–Trinajstić information content (AvgIpc) is 2.30. The Kier molecular flexibility index (Phi) is 5.17. The predicted molar refractivity (Wildman–Crippen MR) is 74.8 cm³/mol. The Morgan fingerprint density at radius 3 is 2.53 bits per heavy atom. The van der Waals surface area contributed by atoms with Gasteiger partial charge in [0.2, 0.25) is 0 Å². The van der Waals surface area contributed by atoms with Gasteiger partial charge >= 0.3 is 0 Å². The summed E-state index contributed by atoms with van der Waals surface area (Å²) >= 11 is 8.03. The molecule has 0 radical (unpaired) electrons. The zero-order valence-corrected chi connectivity index (χ0v) is 11.8. The number of hydrogen-bond donors (Lipinski definition) is 2. The van der Waals surface area contributed by atoms with E-state index in [0.29, 0.717) is 11.5 Å². The lowest BCUT2D eigenvalue weighted by atomic mass is 10.2. The van der Waals surface area contributed by atoms with Crippen molar-refractivity contribution in [3.8, 4) is 11.5 Å². The maximum absolute atomic E-state index is 5.25. The van der Waals surface area contributed by atoms with Crippen LogP contribution in [0.3, 0.4) is 0 Å². The highest BCUT2D eigenvalue weighted by atomic mass is 79.9. The van der Waals surface area contributed by atoms with E-state index < -0.39 is 0 Å². The lowest BCUT2D eigenvalue weighted by molar-refractivity contribution is 0.354. The van der Waals surface area contributed by atoms with Crippen LogP contribution < -0.4 is 20.6 Å². The molecule has 0 atom stereocenters. The third kappa shape index (κ3) is 3.86. The minimum atomic E-state index is 0.109. The Labute approximate surface area is 113 Å². The number of halogens is 1. The third-order valence-electron chi connectivity index (χ3n) is 1.88. The van der Waals surface area contributed by atoms with Crippen LogP contribution in [-0.2, 0) is 0 Å². The van der Waals surface area contributed by atoms with Crippen molar-refractivity contribution < 1.29 is 9.47 Å². The maximum Gasteiger partial charge on any atom is 0.184 e. The molecule has 0 spiro atoms. The van der Waals surface area contributed by atoms with Crippen LogP contribution >= 0.6 is 28.1 Å². The molecule has 0 amide bonds. The van der Waals surface area contributed by atoms with E-state index in [2.05, 4.69) is 38.7 Å². The van der Waals surface area contributed by atoms with Gasteiger partial charge in [-0.2, -0.15) is 5.10 Å². The summed E-state index contributed by atoms with van der Waals surface area (Å²) in [6.07, 6.45) is 1.57. The number of nitrogens with zero attached hydrogens (tertiary/aromatic N) is 1. The molecular weight excluding hydrogens is 306 g/mol. The molecular formula is C10H12BrN3O2S. The van der Waals surface area contributed by atoms with E-state index in [1.807, 2.05) is 0 Å². The van der Waals surface area contributed by atoms with E-state index in [4.69, 9.17) is 15.2 Å². The Bertz CT molecular complexity index is 451. The predicted octanol–water partition coefficient (Wildman–Crippen LogP) is 1.63. The molecule has 5 nitrogen and oxygen atoms in total. The number of thiocarbonyl (C=S) groups is 1. The standard InChI is InChI=1S/C10H12BrN3O2S/c1-15-8-3-6(5-13-14-10(12)17)7(11)4-9(8)16-2/h3-5H,1-2H3,(H3,12,14,17)/b13-5-. The number of methoxy groups -OCH3 is 2. The Balaban J connectivity index is 3.00. The second-order valence-electron chi connectivity index (χ2n) is 2.96. The van der Waals surface area contributed by atoms with Crippen molar-refractivity contribution in [3.63, 3.8) is 0 Å². The molecule has 92 valence electrons. The minimum Gasteiger partial charge on any atom is -0.493 e. The highest BCUT2D eigenvalue weighted by molar-refractivity contribution is 9.10. The van der Waals surface area contributed by atoms with E-state index in [1.165, 1.54) is 0 Å². The number of benzene rings is 1. The molecule has 1 aromatic rings. The number of nitrogens with two attached hydrogens (primary N) is 1. The summed E-state index contributed by atoms with van der Waals surface area (Å²) in [5, 5.41) is 3.97. The molecule has 1 aromatic carbocycles. The van der Waals surface area contributed by atoms with Gasteiger partial charge in [-0.15, -0.1) is 0 Å². The van der Waals surface area contributed by atoms with Crippen molar-refractivity contribution in [1.82, 2.24) is 5.43 Å². The summed E-state index contributed by atoms with van der Waals surface area (Å²) in [4.78, 5) is 0. The molecule has 0 saturated heterocycles. The minimum absolute atomic E-state index is 0.109. The van der Waals surface area contributed by atoms with Gasteiger partial charge in [0.15, 0.2) is 16.6 Å². The fraction of sp³-hybridized carbons (Fsp3) is 0.200. The molecule has 0 aliphatic heterocycles. The monoisotopic (exact) mass is 317 g/mol. The summed E-state index contributed by atoms with van der Waals surface area (Å²) in [5.41, 5.74) is 8.53. The molecule has 1 rings (SSSR count). The van der Waals surface area contributed by atoms with Crippen LogP contribution in [0.25, 0.3) is 0 Å². The number of rotatable bonds is 4. The fourth-order valence-electron chi connectivity index (χ4n) is 1.13. The molecule has 7 heteroatoms. The SMILES string of the molecule is COc1cc(Br)c(/C=N\NC(N)=S)cc1OC. The number of hydrazone groups is 1. The van der Waals surface area contributed by atoms with Gasteiger partial charge in [-0.25, -0.2) is 0 Å². The van der Waals surface area contributed by atoms with Gasteiger partial charge in [0.1, 0.15) is 0 Å². The van der Waals surface area contributed by atoms with Crippen molar-refractivity contribution in [1.29, 1.82) is 0 Å². The van der Waals surface area contributed by atoms with Gasteiger partial charge in [0.25, 0.3) is 0 Å². The van der Waals surface area contributed by atoms with Crippen LogP contribution in [0, 0.1) is 0 Å². The molecule has 0 aliphatic rings. The average molecular weight is 318 g/mol. The lowest BCUT2D eigenvalue weighted by Gasteiger charge is -2.09. The maximum atomic E-state index is 5.25. The van der Waals surface area contributed by atoms with Crippen molar-refractivity contribution in [2.75, 3.05) is 14.2 Å². The van der Waals surface area contributed by atoms with Gasteiger partial charge in [0.05, 0.1) is 20.4 Å². The van der Waals surface area contributed by atoms with Crippen LogP contribution in [-0.4, -0.2) is 25.5 Å². The van der Waals surface area contributed by atoms with Crippen LogP contribution in [0.15, 0.2) is 21.7 Å². The highest BCUT2D eigenvalue weighted by Crippen LogP contribution is 2.32. The lowest BCUT2D eigenvalue weighted by Crippen LogP contribution is -2.24. The topological polar surface area (TPSA) is 68.9 Å². The van der Waals surface area contributed by atoms with Crippen molar-refractivity contribution in [3.05, 3.63) is 22.2 Å². The summed E-state index contributed by atoms with van der Waals surface area (Å²) in [7, 11) is 3.15. The first-order valence-electron chi connectivity index (χ1n) is 4.58. The molecule has 0 bridgehead atoms. The van der Waals surface area contributed by atoms with Gasteiger partial charge < -0.3 is 15.2 Å². The first-order valence-corrected chi connectivity index (χ1v) is 5.78. The Hall–Kier alpha value is -1.34. The van der Waals surface area contributed by atoms with Crippen molar-refractivity contribution in [2.45, 2.75) is 0 Å². The van der Waals surface area contributed by atoms with Crippen molar-refractivity contribution in [2.24, 2.45) is 10.8 Å². The quantitative estimate of drug-likeness (QED) is 0.502. The van der Waals surface area contributed by atoms with Gasteiger partial charge in [0, 0.05) is 10.0 Å². The van der Waals surface area contributed by atoms with Crippen LogP contribution in [0.4, 0.5) is 0 Å². The largest absolute Gasteiger partial charge is 0.493 e. The van der Waals surface area contributed by atoms with Crippen LogP contribution in [0.5, 0.6) is 11.5 Å². The second-order valence-corrected chi connectivity index (χ2v) is 4.26. The number of hydrogen-bond acceptors (Lipinski definition) is 4. The number of nitrogens with one attached hydrogen (secondary N) is 1. The van der Waals surface area contributed by atoms with E-state index in [9.17, 15) is 0 Å². The highest BCUT2D eigenvalue weighted by Gasteiger charge is 2.07.